The molecule has 0 fully saturated rings. The molecule has 0 saturated heterocycles. The first-order chi connectivity index (χ1) is 11.9. The summed E-state index contributed by atoms with van der Waals surface area (Å²) in [6.07, 6.45) is 0. The minimum atomic E-state index is -0.0135. The molecule has 0 aliphatic heterocycles. The number of hydrogen-bond acceptors (Lipinski definition) is 1. The van der Waals surface area contributed by atoms with Gasteiger partial charge in [0.2, 0.25) is 0 Å². The lowest BCUT2D eigenvalue weighted by Crippen LogP contribution is -2.29. The van der Waals surface area contributed by atoms with Crippen LogP contribution in [0.2, 0.25) is 0 Å². The molecule has 3 nitrogen and oxygen atoms in total. The molecule has 0 saturated carbocycles. The maximum Gasteiger partial charge on any atom is 0.251 e. The molecule has 0 aliphatic rings. The van der Waals surface area contributed by atoms with E-state index < -0.39 is 0 Å². The summed E-state index contributed by atoms with van der Waals surface area (Å²) in [7, 11) is 0. The second-order valence-electron chi connectivity index (χ2n) is 7.15. The number of rotatable bonds is 4. The summed E-state index contributed by atoms with van der Waals surface area (Å²) in [4.78, 5) is 12.3. The predicted molar refractivity (Wildman–Crippen MR) is 104 cm³/mol. The van der Waals surface area contributed by atoms with Crippen LogP contribution >= 0.6 is 0 Å². The van der Waals surface area contributed by atoms with Crippen molar-refractivity contribution in [3.05, 3.63) is 70.4 Å². The predicted octanol–water partition coefficient (Wildman–Crippen LogP) is 4.75. The van der Waals surface area contributed by atoms with Gasteiger partial charge in [0.25, 0.3) is 5.91 Å². The van der Waals surface area contributed by atoms with Crippen molar-refractivity contribution in [2.24, 2.45) is 0 Å². The normalized spacial score (nSPS) is 11.3. The molecule has 0 spiro atoms. The molecule has 0 bridgehead atoms. The number of carbonyl (C=O) groups is 1. The van der Waals surface area contributed by atoms with Crippen LogP contribution in [0.15, 0.2) is 42.5 Å². The fraction of sp³-hybridized carbons (Fsp3) is 0.318. The number of aromatic nitrogens is 1. The van der Waals surface area contributed by atoms with Gasteiger partial charge in [0.1, 0.15) is 0 Å². The fourth-order valence-corrected chi connectivity index (χ4v) is 3.33. The molecule has 0 unspecified atom stereocenters. The van der Waals surface area contributed by atoms with Gasteiger partial charge in [-0.25, -0.2) is 0 Å². The molecule has 0 radical (unpaired) electrons. The van der Waals surface area contributed by atoms with E-state index >= 15 is 0 Å². The third kappa shape index (κ3) is 3.46. The van der Waals surface area contributed by atoms with E-state index in [1.807, 2.05) is 26.0 Å². The first-order valence-electron chi connectivity index (χ1n) is 8.82. The van der Waals surface area contributed by atoms with Crippen molar-refractivity contribution < 1.29 is 4.79 Å². The van der Waals surface area contributed by atoms with Crippen LogP contribution in [-0.2, 0) is 6.54 Å². The van der Waals surface area contributed by atoms with Crippen LogP contribution in [0, 0.1) is 20.8 Å². The number of carbonyl (C=O) groups excluding carboxylic acids is 1. The third-order valence-corrected chi connectivity index (χ3v) is 4.74. The van der Waals surface area contributed by atoms with Crippen molar-refractivity contribution in [3.63, 3.8) is 0 Å². The van der Waals surface area contributed by atoms with E-state index in [1.54, 1.807) is 0 Å². The van der Waals surface area contributed by atoms with Gasteiger partial charge < -0.3 is 9.88 Å². The SMILES string of the molecule is Cc1cccc(Cn2c(C)c(C)c3cc(C(=O)NC(C)C)ccc32)c1. The highest BCUT2D eigenvalue weighted by Crippen LogP contribution is 2.27. The molecule has 1 aromatic heterocycles. The van der Waals surface area contributed by atoms with Crippen LogP contribution in [0.5, 0.6) is 0 Å². The number of amides is 1. The minimum absolute atomic E-state index is 0.0135. The van der Waals surface area contributed by atoms with Crippen molar-refractivity contribution in [1.82, 2.24) is 9.88 Å². The van der Waals surface area contributed by atoms with E-state index in [0.717, 1.165) is 17.5 Å². The molecule has 1 N–H and O–H groups in total. The quantitative estimate of drug-likeness (QED) is 0.734. The lowest BCUT2D eigenvalue weighted by atomic mass is 10.1. The zero-order chi connectivity index (χ0) is 18.1. The van der Waals surface area contributed by atoms with E-state index in [0.29, 0.717) is 0 Å². The van der Waals surface area contributed by atoms with Gasteiger partial charge in [0.15, 0.2) is 0 Å². The van der Waals surface area contributed by atoms with Crippen molar-refractivity contribution in [1.29, 1.82) is 0 Å². The lowest BCUT2D eigenvalue weighted by molar-refractivity contribution is 0.0943. The monoisotopic (exact) mass is 334 g/mol. The van der Waals surface area contributed by atoms with E-state index in [2.05, 4.69) is 61.0 Å². The van der Waals surface area contributed by atoms with Gasteiger partial charge in [-0.1, -0.05) is 29.8 Å². The standard InChI is InChI=1S/C22H26N2O/c1-14(2)23-22(25)19-9-10-21-20(12-19)16(4)17(5)24(21)13-18-8-6-7-15(3)11-18/h6-12,14H,13H2,1-5H3,(H,23,25). The second kappa shape index (κ2) is 6.75. The van der Waals surface area contributed by atoms with Crippen LogP contribution in [-0.4, -0.2) is 16.5 Å². The third-order valence-electron chi connectivity index (χ3n) is 4.74. The largest absolute Gasteiger partial charge is 0.350 e. The molecule has 0 aliphatic carbocycles. The highest BCUT2D eigenvalue weighted by Gasteiger charge is 2.14. The molecule has 2 aromatic carbocycles. The average Bonchev–Trinajstić information content (AvgIpc) is 2.79. The lowest BCUT2D eigenvalue weighted by Gasteiger charge is -2.11. The molecule has 130 valence electrons. The van der Waals surface area contributed by atoms with Crippen LogP contribution < -0.4 is 5.32 Å². The summed E-state index contributed by atoms with van der Waals surface area (Å²) in [6.45, 7) is 11.2. The Labute approximate surface area is 149 Å². The van der Waals surface area contributed by atoms with Gasteiger partial charge in [0.05, 0.1) is 0 Å². The summed E-state index contributed by atoms with van der Waals surface area (Å²) in [5.41, 5.74) is 6.95. The van der Waals surface area contributed by atoms with E-state index in [-0.39, 0.29) is 11.9 Å². The van der Waals surface area contributed by atoms with Crippen molar-refractivity contribution in [3.8, 4) is 0 Å². The van der Waals surface area contributed by atoms with Gasteiger partial charge >= 0.3 is 0 Å². The van der Waals surface area contributed by atoms with E-state index in [9.17, 15) is 4.79 Å². The van der Waals surface area contributed by atoms with Crippen LogP contribution in [0.1, 0.15) is 46.6 Å². The Hall–Kier alpha value is -2.55. The molecule has 25 heavy (non-hydrogen) atoms. The molecule has 1 amide bonds. The number of nitrogens with one attached hydrogen (secondary N) is 1. The molecule has 1 heterocycles. The highest BCUT2D eigenvalue weighted by atomic mass is 16.1. The van der Waals surface area contributed by atoms with Gasteiger partial charge in [-0.15, -0.1) is 0 Å². The van der Waals surface area contributed by atoms with Crippen LogP contribution in [0.3, 0.4) is 0 Å². The Bertz CT molecular complexity index is 935. The number of hydrogen-bond donors (Lipinski definition) is 1. The molecular weight excluding hydrogens is 308 g/mol. The molecule has 3 aromatic rings. The van der Waals surface area contributed by atoms with Gasteiger partial charge in [-0.05, 0) is 63.9 Å². The topological polar surface area (TPSA) is 34.0 Å². The van der Waals surface area contributed by atoms with Crippen molar-refractivity contribution in [2.45, 2.75) is 47.2 Å². The second-order valence-corrected chi connectivity index (χ2v) is 7.15. The number of nitrogens with zero attached hydrogens (tertiary/aromatic N) is 1. The summed E-state index contributed by atoms with van der Waals surface area (Å²) in [5, 5.41) is 4.12. The molecule has 3 heteroatoms. The van der Waals surface area contributed by atoms with E-state index in [4.69, 9.17) is 0 Å². The number of benzene rings is 2. The summed E-state index contributed by atoms with van der Waals surface area (Å²) >= 11 is 0. The first-order valence-corrected chi connectivity index (χ1v) is 8.82. The minimum Gasteiger partial charge on any atom is -0.350 e. The maximum atomic E-state index is 12.3. The first kappa shape index (κ1) is 17.3. The number of aryl methyl sites for hydroxylation is 2. The van der Waals surface area contributed by atoms with Gasteiger partial charge in [0, 0.05) is 34.7 Å². The van der Waals surface area contributed by atoms with Crippen LogP contribution in [0.25, 0.3) is 10.9 Å². The molecular formula is C22H26N2O. The molecule has 3 rings (SSSR count). The Kier molecular flexibility index (Phi) is 4.67. The Morgan fingerprint density at radius 2 is 1.84 bits per heavy atom. The zero-order valence-corrected chi connectivity index (χ0v) is 15.7. The Morgan fingerprint density at radius 3 is 2.52 bits per heavy atom. The van der Waals surface area contributed by atoms with Crippen molar-refractivity contribution in [2.75, 3.05) is 0 Å². The highest BCUT2D eigenvalue weighted by molar-refractivity contribution is 5.99. The van der Waals surface area contributed by atoms with Crippen LogP contribution in [0.4, 0.5) is 0 Å². The Morgan fingerprint density at radius 1 is 1.08 bits per heavy atom. The van der Waals surface area contributed by atoms with Crippen molar-refractivity contribution >= 4 is 16.8 Å². The summed E-state index contributed by atoms with van der Waals surface area (Å²) < 4.78 is 2.34. The number of fused-ring (bicyclic) bond motifs is 1. The Balaban J connectivity index is 2.03. The van der Waals surface area contributed by atoms with E-state index in [1.165, 1.54) is 27.9 Å². The maximum absolute atomic E-state index is 12.3. The zero-order valence-electron chi connectivity index (χ0n) is 15.7. The summed E-state index contributed by atoms with van der Waals surface area (Å²) in [5.74, 6) is -0.0135. The summed E-state index contributed by atoms with van der Waals surface area (Å²) in [6, 6.07) is 14.8. The molecule has 0 atom stereocenters. The smallest absolute Gasteiger partial charge is 0.251 e. The van der Waals surface area contributed by atoms with Gasteiger partial charge in [-0.3, -0.25) is 4.79 Å². The fourth-order valence-electron chi connectivity index (χ4n) is 3.33. The van der Waals surface area contributed by atoms with Gasteiger partial charge in [-0.2, -0.15) is 0 Å². The average molecular weight is 334 g/mol.